The van der Waals surface area contributed by atoms with Crippen molar-refractivity contribution < 1.29 is 19.8 Å². The number of hydrogen-bond donors (Lipinski definition) is 2. The average molecular weight is 635 g/mol. The third kappa shape index (κ3) is 39.0. The van der Waals surface area contributed by atoms with Crippen molar-refractivity contribution in [3.05, 3.63) is 13.8 Å². The molecule has 0 aliphatic carbocycles. The van der Waals surface area contributed by atoms with Crippen LogP contribution in [0.15, 0.2) is 0 Å². The van der Waals surface area contributed by atoms with Gasteiger partial charge in [-0.2, -0.15) is 0 Å². The highest BCUT2D eigenvalue weighted by Crippen LogP contribution is 2.30. The van der Waals surface area contributed by atoms with Gasteiger partial charge in [-0.3, -0.25) is 9.59 Å². The van der Waals surface area contributed by atoms with Gasteiger partial charge >= 0.3 is 11.9 Å². The predicted molar refractivity (Wildman–Crippen MR) is 195 cm³/mol. The highest BCUT2D eigenvalue weighted by Gasteiger charge is 2.16. The highest BCUT2D eigenvalue weighted by molar-refractivity contribution is 5.66. The van der Waals surface area contributed by atoms with Crippen molar-refractivity contribution in [1.82, 2.24) is 0 Å². The lowest BCUT2D eigenvalue weighted by atomic mass is 9.81. The fourth-order valence-corrected chi connectivity index (χ4v) is 6.63. The summed E-state index contributed by atoms with van der Waals surface area (Å²) in [6.45, 7) is 8.91. The molecule has 0 fully saturated rings. The van der Waals surface area contributed by atoms with Crippen LogP contribution in [0.4, 0.5) is 0 Å². The molecule has 45 heavy (non-hydrogen) atoms. The van der Waals surface area contributed by atoms with Crippen molar-refractivity contribution in [3.8, 4) is 0 Å². The van der Waals surface area contributed by atoms with E-state index in [9.17, 15) is 9.59 Å². The van der Waals surface area contributed by atoms with Gasteiger partial charge in [0, 0.05) is 12.8 Å². The number of unbranched alkanes of at least 4 members (excludes halogenated alkanes) is 30. The van der Waals surface area contributed by atoms with E-state index in [4.69, 9.17) is 10.2 Å². The molecular formula is C41H78O4. The van der Waals surface area contributed by atoms with Crippen LogP contribution in [0.25, 0.3) is 0 Å². The molecule has 0 bridgehead atoms. The topological polar surface area (TPSA) is 74.6 Å². The lowest BCUT2D eigenvalue weighted by molar-refractivity contribution is -0.138. The molecule has 0 saturated carbocycles. The van der Waals surface area contributed by atoms with Crippen LogP contribution in [0.5, 0.6) is 0 Å². The molecule has 2 N–H and O–H groups in total. The SMILES string of the molecule is [CH2]C([CH2])(CCCCCCCCCCCCCCCCCCC(=O)O)CCCCCCCCCCCCCCCCCCC(=O)O. The monoisotopic (exact) mass is 635 g/mol. The van der Waals surface area contributed by atoms with Gasteiger partial charge in [-0.25, -0.2) is 0 Å². The van der Waals surface area contributed by atoms with E-state index in [1.165, 1.54) is 193 Å². The Hall–Kier alpha value is -1.06. The van der Waals surface area contributed by atoms with E-state index in [-0.39, 0.29) is 5.41 Å². The Balaban J connectivity index is 3.27. The minimum atomic E-state index is -0.658. The summed E-state index contributed by atoms with van der Waals surface area (Å²) in [5.41, 5.74) is 0.0285. The second kappa shape index (κ2) is 34.3. The molecule has 0 rings (SSSR count). The average Bonchev–Trinajstić information content (AvgIpc) is 2.99. The Bertz CT molecular complexity index is 577. The van der Waals surface area contributed by atoms with Gasteiger partial charge in [-0.1, -0.05) is 193 Å². The molecule has 2 radical (unpaired) electrons. The summed E-state index contributed by atoms with van der Waals surface area (Å²) in [7, 11) is 0. The third-order valence-electron chi connectivity index (χ3n) is 9.70. The van der Waals surface area contributed by atoms with E-state index in [1.54, 1.807) is 0 Å². The van der Waals surface area contributed by atoms with Crippen molar-refractivity contribution in [3.63, 3.8) is 0 Å². The molecule has 0 aromatic rings. The first-order valence-electron chi connectivity index (χ1n) is 20.0. The molecular weight excluding hydrogens is 556 g/mol. The molecule has 0 aliphatic rings. The molecule has 0 saturated heterocycles. The van der Waals surface area contributed by atoms with Crippen molar-refractivity contribution in [2.45, 2.75) is 231 Å². The first-order chi connectivity index (χ1) is 21.8. The molecule has 0 aromatic carbocycles. The molecule has 0 aromatic heterocycles. The Morgan fingerprint density at radius 3 is 0.644 bits per heavy atom. The van der Waals surface area contributed by atoms with Gasteiger partial charge in [0.2, 0.25) is 0 Å². The van der Waals surface area contributed by atoms with Gasteiger partial charge in [-0.05, 0) is 44.9 Å². The molecule has 4 heteroatoms. The Morgan fingerprint density at radius 2 is 0.467 bits per heavy atom. The van der Waals surface area contributed by atoms with E-state index in [1.807, 2.05) is 0 Å². The molecule has 266 valence electrons. The van der Waals surface area contributed by atoms with E-state index < -0.39 is 11.9 Å². The predicted octanol–water partition coefficient (Wildman–Crippen LogP) is 13.9. The van der Waals surface area contributed by atoms with Crippen LogP contribution in [0, 0.1) is 19.3 Å². The summed E-state index contributed by atoms with van der Waals surface area (Å²) in [5, 5.41) is 17.3. The number of carboxylic acid groups (broad SMARTS) is 2. The fourth-order valence-electron chi connectivity index (χ4n) is 6.63. The van der Waals surface area contributed by atoms with Crippen LogP contribution in [-0.2, 0) is 9.59 Å². The van der Waals surface area contributed by atoms with E-state index >= 15 is 0 Å². The number of carboxylic acids is 2. The van der Waals surface area contributed by atoms with Crippen molar-refractivity contribution in [2.24, 2.45) is 5.41 Å². The first kappa shape index (κ1) is 43.9. The largest absolute Gasteiger partial charge is 0.481 e. The van der Waals surface area contributed by atoms with Gasteiger partial charge in [0.15, 0.2) is 0 Å². The minimum Gasteiger partial charge on any atom is -0.481 e. The molecule has 0 spiro atoms. The van der Waals surface area contributed by atoms with E-state index in [0.29, 0.717) is 12.8 Å². The fraction of sp³-hybridized carbons (Fsp3) is 0.902. The Labute approximate surface area is 281 Å². The highest BCUT2D eigenvalue weighted by atomic mass is 16.4. The van der Waals surface area contributed by atoms with Crippen LogP contribution >= 0.6 is 0 Å². The standard InChI is InChI=1S/C41H78O4/c1-41(2,37-33-29-25-21-17-13-9-5-3-7-11-15-19-23-27-31-35-39(42)43)38-34-30-26-22-18-14-10-6-4-8-12-16-20-24-28-32-36-40(44)45/h1-38H2,(H,42,43)(H,44,45). The normalized spacial score (nSPS) is 11.8. The molecule has 0 amide bonds. The molecule has 4 nitrogen and oxygen atoms in total. The van der Waals surface area contributed by atoms with Crippen molar-refractivity contribution >= 4 is 11.9 Å². The zero-order valence-corrected chi connectivity index (χ0v) is 30.1. The van der Waals surface area contributed by atoms with Crippen LogP contribution < -0.4 is 0 Å². The van der Waals surface area contributed by atoms with E-state index in [0.717, 1.165) is 25.7 Å². The maximum Gasteiger partial charge on any atom is 0.303 e. The van der Waals surface area contributed by atoms with Crippen LogP contribution in [0.1, 0.15) is 231 Å². The molecule has 0 unspecified atom stereocenters. The van der Waals surface area contributed by atoms with Gasteiger partial charge in [0.25, 0.3) is 0 Å². The molecule has 0 atom stereocenters. The third-order valence-corrected chi connectivity index (χ3v) is 9.70. The quantitative estimate of drug-likeness (QED) is 0.0663. The van der Waals surface area contributed by atoms with E-state index in [2.05, 4.69) is 13.8 Å². The minimum absolute atomic E-state index is 0.0285. The number of rotatable bonds is 38. The summed E-state index contributed by atoms with van der Waals surface area (Å²) in [4.78, 5) is 21.0. The van der Waals surface area contributed by atoms with Gasteiger partial charge in [0.05, 0.1) is 0 Å². The molecule has 0 aliphatic heterocycles. The lowest BCUT2D eigenvalue weighted by Gasteiger charge is -2.24. The maximum absolute atomic E-state index is 10.5. The number of aliphatic carboxylic acids is 2. The lowest BCUT2D eigenvalue weighted by Crippen LogP contribution is -2.12. The Morgan fingerprint density at radius 1 is 0.311 bits per heavy atom. The summed E-state index contributed by atoms with van der Waals surface area (Å²) in [6, 6.07) is 0. The van der Waals surface area contributed by atoms with Crippen molar-refractivity contribution in [1.29, 1.82) is 0 Å². The van der Waals surface area contributed by atoms with Crippen LogP contribution in [0.3, 0.4) is 0 Å². The van der Waals surface area contributed by atoms with Crippen LogP contribution in [0.2, 0.25) is 0 Å². The summed E-state index contributed by atoms with van der Waals surface area (Å²) >= 11 is 0. The second-order valence-corrected chi connectivity index (χ2v) is 14.6. The maximum atomic E-state index is 10.5. The Kier molecular flexibility index (Phi) is 33.5. The second-order valence-electron chi connectivity index (χ2n) is 14.6. The first-order valence-corrected chi connectivity index (χ1v) is 20.0. The van der Waals surface area contributed by atoms with Gasteiger partial charge in [0.1, 0.15) is 0 Å². The zero-order valence-electron chi connectivity index (χ0n) is 30.1. The summed E-state index contributed by atoms with van der Waals surface area (Å²) < 4.78 is 0. The molecule has 0 heterocycles. The van der Waals surface area contributed by atoms with Crippen molar-refractivity contribution in [2.75, 3.05) is 0 Å². The van der Waals surface area contributed by atoms with Gasteiger partial charge in [-0.15, -0.1) is 0 Å². The smallest absolute Gasteiger partial charge is 0.303 e. The van der Waals surface area contributed by atoms with Gasteiger partial charge < -0.3 is 10.2 Å². The zero-order chi connectivity index (χ0) is 33.1. The summed E-state index contributed by atoms with van der Waals surface area (Å²) in [5.74, 6) is -1.32. The number of carbonyl (C=O) groups is 2. The summed E-state index contributed by atoms with van der Waals surface area (Å²) in [6.07, 6.45) is 44.7. The number of hydrogen-bond acceptors (Lipinski definition) is 2. The van der Waals surface area contributed by atoms with Crippen LogP contribution in [-0.4, -0.2) is 22.2 Å².